The highest BCUT2D eigenvalue weighted by atomic mass is 32.2. The van der Waals surface area contributed by atoms with Crippen LogP contribution in [0.4, 0.5) is 4.39 Å². The minimum Gasteiger partial charge on any atom is -0.334 e. The summed E-state index contributed by atoms with van der Waals surface area (Å²) in [5.41, 5.74) is 1.41. The first-order valence-electron chi connectivity index (χ1n) is 10.9. The second-order valence-corrected chi connectivity index (χ2v) is 10.8. The highest BCUT2D eigenvalue weighted by Gasteiger charge is 2.33. The fourth-order valence-electron chi connectivity index (χ4n) is 4.74. The lowest BCUT2D eigenvalue weighted by molar-refractivity contribution is 0.0692. The van der Waals surface area contributed by atoms with Crippen molar-refractivity contribution in [2.45, 2.75) is 49.6 Å². The zero-order valence-corrected chi connectivity index (χ0v) is 18.9. The number of nitrogens with zero attached hydrogens (tertiary/aromatic N) is 2. The smallest absolute Gasteiger partial charge is 0.257 e. The molecule has 166 valence electrons. The maximum absolute atomic E-state index is 14.9. The van der Waals surface area contributed by atoms with Crippen LogP contribution in [0.1, 0.15) is 43.0 Å². The third-order valence-electron chi connectivity index (χ3n) is 6.59. The second kappa shape index (κ2) is 8.71. The summed E-state index contributed by atoms with van der Waals surface area (Å²) in [6.45, 7) is 4.83. The molecule has 2 aromatic rings. The van der Waals surface area contributed by atoms with E-state index in [9.17, 15) is 17.6 Å². The van der Waals surface area contributed by atoms with Crippen molar-refractivity contribution >= 4 is 15.7 Å². The quantitative estimate of drug-likeness (QED) is 0.700. The molecule has 0 unspecified atom stereocenters. The monoisotopic (exact) mass is 444 g/mol. The minimum absolute atomic E-state index is 0.0953. The predicted molar refractivity (Wildman–Crippen MR) is 119 cm³/mol. The first-order chi connectivity index (χ1) is 14.7. The molecule has 1 amide bonds. The summed E-state index contributed by atoms with van der Waals surface area (Å²) in [5, 5.41) is 0. The summed E-state index contributed by atoms with van der Waals surface area (Å²) in [6, 6.07) is 11.6. The molecule has 0 N–H and O–H groups in total. The molecule has 0 spiro atoms. The Hall–Kier alpha value is -2.25. The lowest BCUT2D eigenvalue weighted by atomic mass is 10.0. The molecular formula is C24H29FN2O3S. The van der Waals surface area contributed by atoms with E-state index >= 15 is 0 Å². The maximum atomic E-state index is 14.9. The van der Waals surface area contributed by atoms with Gasteiger partial charge in [-0.05, 0) is 74.5 Å². The SMILES string of the molecule is C[C@@H]1CCCN1C[C@@H]1CCCN1C(=O)c1ccc(-c2ccc(S(C)(=O)=O)cc2)cc1F. The molecule has 7 heteroatoms. The molecule has 2 fully saturated rings. The van der Waals surface area contributed by atoms with Crippen LogP contribution in [-0.4, -0.2) is 62.1 Å². The Kier molecular flexibility index (Phi) is 6.17. The van der Waals surface area contributed by atoms with Gasteiger partial charge in [-0.25, -0.2) is 12.8 Å². The van der Waals surface area contributed by atoms with Crippen LogP contribution in [0.15, 0.2) is 47.4 Å². The van der Waals surface area contributed by atoms with Gasteiger partial charge >= 0.3 is 0 Å². The number of carbonyl (C=O) groups excluding carboxylic acids is 1. The largest absolute Gasteiger partial charge is 0.334 e. The second-order valence-electron chi connectivity index (χ2n) is 8.77. The van der Waals surface area contributed by atoms with Crippen molar-refractivity contribution in [3.63, 3.8) is 0 Å². The van der Waals surface area contributed by atoms with Gasteiger partial charge in [0, 0.05) is 31.4 Å². The van der Waals surface area contributed by atoms with E-state index in [4.69, 9.17) is 0 Å². The molecule has 2 saturated heterocycles. The van der Waals surface area contributed by atoms with Crippen molar-refractivity contribution in [3.05, 3.63) is 53.8 Å². The van der Waals surface area contributed by atoms with Crippen LogP contribution in [0.25, 0.3) is 11.1 Å². The number of rotatable bonds is 5. The van der Waals surface area contributed by atoms with E-state index in [1.165, 1.54) is 31.0 Å². The number of benzene rings is 2. The molecular weight excluding hydrogens is 415 g/mol. The predicted octanol–water partition coefficient (Wildman–Crippen LogP) is 3.99. The minimum atomic E-state index is -3.28. The van der Waals surface area contributed by atoms with Crippen LogP contribution in [0.5, 0.6) is 0 Å². The molecule has 2 atom stereocenters. The summed E-state index contributed by atoms with van der Waals surface area (Å²) < 4.78 is 38.2. The third-order valence-corrected chi connectivity index (χ3v) is 7.72. The summed E-state index contributed by atoms with van der Waals surface area (Å²) in [7, 11) is -3.28. The molecule has 2 aliphatic heterocycles. The summed E-state index contributed by atoms with van der Waals surface area (Å²) in [6.07, 6.45) is 5.45. The van der Waals surface area contributed by atoms with E-state index < -0.39 is 15.7 Å². The van der Waals surface area contributed by atoms with Gasteiger partial charge in [0.15, 0.2) is 9.84 Å². The number of likely N-dealkylation sites (tertiary alicyclic amines) is 2. The van der Waals surface area contributed by atoms with Crippen LogP contribution in [0.3, 0.4) is 0 Å². The van der Waals surface area contributed by atoms with E-state index in [0.717, 1.165) is 32.2 Å². The van der Waals surface area contributed by atoms with Gasteiger partial charge < -0.3 is 4.90 Å². The van der Waals surface area contributed by atoms with Gasteiger partial charge in [-0.3, -0.25) is 9.69 Å². The van der Waals surface area contributed by atoms with E-state index in [0.29, 0.717) is 23.7 Å². The van der Waals surface area contributed by atoms with Crippen molar-refractivity contribution in [1.29, 1.82) is 0 Å². The number of carbonyl (C=O) groups is 1. The van der Waals surface area contributed by atoms with E-state index in [2.05, 4.69) is 11.8 Å². The van der Waals surface area contributed by atoms with Gasteiger partial charge in [-0.15, -0.1) is 0 Å². The Morgan fingerprint density at radius 2 is 1.71 bits per heavy atom. The van der Waals surface area contributed by atoms with Gasteiger partial charge in [0.05, 0.1) is 10.5 Å². The van der Waals surface area contributed by atoms with Crippen molar-refractivity contribution in [1.82, 2.24) is 9.80 Å². The van der Waals surface area contributed by atoms with Gasteiger partial charge in [0.25, 0.3) is 5.91 Å². The standard InChI is InChI=1S/C24H29FN2O3S/c1-17-5-3-13-26(17)16-20-6-4-14-27(20)24(28)22-12-9-19(15-23(22)25)18-7-10-21(11-8-18)31(2,29)30/h7-12,15,17,20H,3-6,13-14,16H2,1-2H3/t17-,20+/m1/s1. The van der Waals surface area contributed by atoms with Gasteiger partial charge in [0.1, 0.15) is 5.82 Å². The highest BCUT2D eigenvalue weighted by Crippen LogP contribution is 2.28. The van der Waals surface area contributed by atoms with Crippen molar-refractivity contribution in [3.8, 4) is 11.1 Å². The van der Waals surface area contributed by atoms with Crippen LogP contribution in [-0.2, 0) is 9.84 Å². The van der Waals surface area contributed by atoms with Gasteiger partial charge in [0.2, 0.25) is 0 Å². The Morgan fingerprint density at radius 1 is 1.03 bits per heavy atom. The maximum Gasteiger partial charge on any atom is 0.257 e. The number of hydrogen-bond donors (Lipinski definition) is 0. The normalized spacial score (nSPS) is 22.2. The van der Waals surface area contributed by atoms with Crippen LogP contribution in [0, 0.1) is 5.82 Å². The zero-order valence-electron chi connectivity index (χ0n) is 18.1. The highest BCUT2D eigenvalue weighted by molar-refractivity contribution is 7.90. The topological polar surface area (TPSA) is 57.7 Å². The average Bonchev–Trinajstić information content (AvgIpc) is 3.36. The molecule has 0 radical (unpaired) electrons. The molecule has 31 heavy (non-hydrogen) atoms. The molecule has 4 rings (SSSR count). The number of amides is 1. The van der Waals surface area contributed by atoms with Crippen LogP contribution >= 0.6 is 0 Å². The average molecular weight is 445 g/mol. The molecule has 0 bridgehead atoms. The van der Waals surface area contributed by atoms with E-state index in [-0.39, 0.29) is 22.4 Å². The van der Waals surface area contributed by atoms with Crippen LogP contribution in [0.2, 0.25) is 0 Å². The number of halogens is 1. The Bertz CT molecular complexity index is 1070. The van der Waals surface area contributed by atoms with E-state index in [1.54, 1.807) is 24.3 Å². The van der Waals surface area contributed by atoms with E-state index in [1.807, 2.05) is 4.90 Å². The summed E-state index contributed by atoms with van der Waals surface area (Å²) in [5.74, 6) is -0.791. The summed E-state index contributed by atoms with van der Waals surface area (Å²) in [4.78, 5) is 17.6. The molecule has 0 saturated carbocycles. The molecule has 2 aliphatic rings. The Morgan fingerprint density at radius 3 is 2.32 bits per heavy atom. The molecule has 0 aromatic heterocycles. The first-order valence-corrected chi connectivity index (χ1v) is 12.8. The van der Waals surface area contributed by atoms with Gasteiger partial charge in [-0.1, -0.05) is 18.2 Å². The third kappa shape index (κ3) is 4.67. The summed E-state index contributed by atoms with van der Waals surface area (Å²) >= 11 is 0. The fraction of sp³-hybridized carbons (Fsp3) is 0.458. The van der Waals surface area contributed by atoms with Crippen molar-refractivity contribution < 1.29 is 17.6 Å². The lowest BCUT2D eigenvalue weighted by Crippen LogP contribution is -2.44. The molecule has 0 aliphatic carbocycles. The lowest BCUT2D eigenvalue weighted by Gasteiger charge is -2.31. The van der Waals surface area contributed by atoms with Crippen molar-refractivity contribution in [2.24, 2.45) is 0 Å². The molecule has 2 aromatic carbocycles. The number of hydrogen-bond acceptors (Lipinski definition) is 4. The Balaban J connectivity index is 1.51. The molecule has 5 nitrogen and oxygen atoms in total. The number of sulfone groups is 1. The van der Waals surface area contributed by atoms with Crippen molar-refractivity contribution in [2.75, 3.05) is 25.9 Å². The Labute approximate surface area is 183 Å². The molecule has 2 heterocycles. The van der Waals surface area contributed by atoms with Gasteiger partial charge in [-0.2, -0.15) is 0 Å². The fourth-order valence-corrected chi connectivity index (χ4v) is 5.38. The first kappa shape index (κ1) is 22.0. The zero-order chi connectivity index (χ0) is 22.2. The van der Waals surface area contributed by atoms with Crippen LogP contribution < -0.4 is 0 Å².